The maximum Gasteiger partial charge on any atom is 0.410 e. The fourth-order valence-electron chi connectivity index (χ4n) is 12.2. The highest BCUT2D eigenvalue weighted by Crippen LogP contribution is 2.41. The van der Waals surface area contributed by atoms with Crippen LogP contribution in [0.25, 0.3) is 21.8 Å². The number of nitrogens with zero attached hydrogens (tertiary/aromatic N) is 13. The Kier molecular flexibility index (Phi) is 17.4. The number of aromatic amines is 1. The quantitative estimate of drug-likeness (QED) is 0.0995. The molecular weight excluding hydrogens is 1160 g/mol. The van der Waals surface area contributed by atoms with Crippen molar-refractivity contribution >= 4 is 72.8 Å². The van der Waals surface area contributed by atoms with Crippen molar-refractivity contribution in [1.29, 1.82) is 0 Å². The van der Waals surface area contributed by atoms with Gasteiger partial charge in [-0.25, -0.2) is 41.9 Å². The normalized spacial score (nSPS) is 19.7. The van der Waals surface area contributed by atoms with E-state index in [0.29, 0.717) is 130 Å². The van der Waals surface area contributed by atoms with E-state index < -0.39 is 32.1 Å². The molecule has 0 unspecified atom stereocenters. The lowest BCUT2D eigenvalue weighted by Gasteiger charge is -2.48. The summed E-state index contributed by atoms with van der Waals surface area (Å²) in [5.74, 6) is 0.341. The molecule has 3 saturated heterocycles. The maximum atomic E-state index is 14.7. The van der Waals surface area contributed by atoms with Gasteiger partial charge in [0.1, 0.15) is 46.6 Å². The van der Waals surface area contributed by atoms with E-state index >= 15 is 0 Å². The van der Waals surface area contributed by atoms with E-state index in [0.717, 1.165) is 22.5 Å². The predicted octanol–water partition coefficient (Wildman–Crippen LogP) is 7.86. The highest BCUT2D eigenvalue weighted by molar-refractivity contribution is 7.92. The van der Waals surface area contributed by atoms with Crippen molar-refractivity contribution in [2.75, 3.05) is 107 Å². The van der Waals surface area contributed by atoms with Crippen molar-refractivity contribution in [2.24, 2.45) is 0 Å². The molecule has 11 rings (SSSR count). The van der Waals surface area contributed by atoms with Crippen LogP contribution in [0.1, 0.15) is 96.4 Å². The van der Waals surface area contributed by atoms with Gasteiger partial charge in [-0.3, -0.25) is 34.4 Å². The number of carbonyl (C=O) groups is 3. The third-order valence-electron chi connectivity index (χ3n) is 17.2. The Morgan fingerprint density at radius 1 is 0.764 bits per heavy atom. The van der Waals surface area contributed by atoms with Crippen LogP contribution in [0.5, 0.6) is 5.75 Å². The second-order valence-electron chi connectivity index (χ2n) is 26.5. The fraction of sp³-hybridized carbons (Fsp3) is 0.484. The third-order valence-corrected chi connectivity index (χ3v) is 19.7. The van der Waals surface area contributed by atoms with Crippen LogP contribution in [0.3, 0.4) is 0 Å². The van der Waals surface area contributed by atoms with Gasteiger partial charge < -0.3 is 34.4 Å². The van der Waals surface area contributed by atoms with E-state index in [1.165, 1.54) is 36.7 Å². The molecule has 0 bridgehead atoms. The highest BCUT2D eigenvalue weighted by Gasteiger charge is 2.44. The molecule has 3 fully saturated rings. The van der Waals surface area contributed by atoms with Gasteiger partial charge in [0.05, 0.1) is 39.3 Å². The first-order valence-electron chi connectivity index (χ1n) is 30.4. The lowest BCUT2D eigenvalue weighted by atomic mass is 9.91. The van der Waals surface area contributed by atoms with Crippen molar-refractivity contribution < 1.29 is 41.1 Å². The molecule has 3 amide bonds. The van der Waals surface area contributed by atoms with Gasteiger partial charge in [-0.1, -0.05) is 26.0 Å². The van der Waals surface area contributed by atoms with Gasteiger partial charge in [-0.2, -0.15) is 5.10 Å². The molecule has 4 aliphatic rings. The van der Waals surface area contributed by atoms with Gasteiger partial charge in [0.15, 0.2) is 15.7 Å². The summed E-state index contributed by atoms with van der Waals surface area (Å²) < 4.78 is 67.3. The van der Waals surface area contributed by atoms with Crippen LogP contribution >= 0.6 is 0 Å². The summed E-state index contributed by atoms with van der Waals surface area (Å²) in [6.45, 7) is 25.4. The molecule has 472 valence electrons. The number of ether oxygens (including phenoxy) is 2. The average Bonchev–Trinajstić information content (AvgIpc) is 1.78. The number of aromatic nitrogens is 7. The van der Waals surface area contributed by atoms with E-state index in [4.69, 9.17) is 14.5 Å². The summed E-state index contributed by atoms with van der Waals surface area (Å²) in [4.78, 5) is 79.9. The Bertz CT molecular complexity index is 3890. The monoisotopic (exact) mass is 1240 g/mol. The summed E-state index contributed by atoms with van der Waals surface area (Å²) in [6, 6.07) is 15.3. The van der Waals surface area contributed by atoms with Crippen molar-refractivity contribution in [2.45, 2.75) is 114 Å². The molecule has 22 nitrogen and oxygen atoms in total. The van der Waals surface area contributed by atoms with Gasteiger partial charge in [-0.15, -0.1) is 0 Å². The molecule has 89 heavy (non-hydrogen) atoms. The zero-order chi connectivity index (χ0) is 63.3. The fourth-order valence-corrected chi connectivity index (χ4v) is 13.5. The summed E-state index contributed by atoms with van der Waals surface area (Å²) >= 11 is 0. The van der Waals surface area contributed by atoms with Crippen LogP contribution in [0.2, 0.25) is 0 Å². The topological polar surface area (TPSA) is 232 Å². The molecule has 7 aromatic rings. The smallest absolute Gasteiger partial charge is 0.410 e. The number of hydrogen-bond donors (Lipinski definition) is 2. The Hall–Kier alpha value is -8.00. The number of amides is 3. The summed E-state index contributed by atoms with van der Waals surface area (Å²) in [5.41, 5.74) is 3.86. The highest BCUT2D eigenvalue weighted by atomic mass is 32.2. The Balaban J connectivity index is 0.696. The maximum absolute atomic E-state index is 14.7. The zero-order valence-electron chi connectivity index (χ0n) is 52.3. The van der Waals surface area contributed by atoms with Gasteiger partial charge in [0.2, 0.25) is 11.9 Å². The molecule has 4 aromatic heterocycles. The number of pyridine rings is 1. The second-order valence-corrected chi connectivity index (χ2v) is 29.2. The van der Waals surface area contributed by atoms with E-state index in [9.17, 15) is 31.6 Å². The minimum atomic E-state index is -3.94. The molecule has 4 aliphatic heterocycles. The Morgan fingerprint density at radius 3 is 2.20 bits per heavy atom. The minimum absolute atomic E-state index is 0.00388. The van der Waals surface area contributed by atoms with E-state index in [2.05, 4.69) is 75.8 Å². The van der Waals surface area contributed by atoms with Gasteiger partial charge in [0.25, 0.3) is 5.91 Å². The number of anilines is 4. The van der Waals surface area contributed by atoms with Crippen molar-refractivity contribution in [1.82, 2.24) is 59.6 Å². The van der Waals surface area contributed by atoms with Crippen LogP contribution in [0.15, 0.2) is 90.5 Å². The number of nitrogens with one attached hydrogen (secondary N) is 2. The lowest BCUT2D eigenvalue weighted by Crippen LogP contribution is -2.65. The molecule has 8 heterocycles. The number of rotatable bonds is 15. The molecule has 3 atom stereocenters. The van der Waals surface area contributed by atoms with E-state index in [1.807, 2.05) is 49.8 Å². The summed E-state index contributed by atoms with van der Waals surface area (Å²) in [5, 5.41) is 11.2. The van der Waals surface area contributed by atoms with Crippen LogP contribution in [-0.4, -0.2) is 206 Å². The standard InChI is InChI=1S/C64H79F2N15O7S/c1-40-33-78(22-21-77(40)35-47-36-80(61(84)88-62(3,4)5)41(2)34-79(47)37-55(82)81-38-64(9,10)56-52(81)26-43(30-67-56)25-42-11-13-45(65)14-12-42)59(83)44-31-68-60(69-32-44)76-19-17-75(18-20-76)23-24-87-53-29-51-49(28-54(53)89(85,86)63(6,7)8)57(71-39-70-51)72-58-48-27-46(66)15-16-50(48)73-74-58/h11-16,26-32,39-41,47H,17-25,33-38H2,1-10H3,(H2,70,71,72,73,74)/t40-,41+,47+/m1/s1. The summed E-state index contributed by atoms with van der Waals surface area (Å²) in [6.07, 6.45) is 6.52. The third kappa shape index (κ3) is 13.6. The van der Waals surface area contributed by atoms with Crippen LogP contribution in [0.4, 0.5) is 36.8 Å². The molecule has 2 N–H and O–H groups in total. The van der Waals surface area contributed by atoms with E-state index in [1.54, 1.807) is 62.3 Å². The predicted molar refractivity (Wildman–Crippen MR) is 336 cm³/mol. The number of sulfone groups is 1. The van der Waals surface area contributed by atoms with Gasteiger partial charge in [0, 0.05) is 138 Å². The number of hydrogen-bond acceptors (Lipinski definition) is 18. The van der Waals surface area contributed by atoms with Crippen LogP contribution in [0, 0.1) is 11.6 Å². The van der Waals surface area contributed by atoms with Crippen molar-refractivity contribution in [3.63, 3.8) is 0 Å². The molecular formula is C64H79F2N15O7S. The Morgan fingerprint density at radius 2 is 1.49 bits per heavy atom. The second kappa shape index (κ2) is 24.8. The number of benzene rings is 3. The summed E-state index contributed by atoms with van der Waals surface area (Å²) in [7, 11) is -3.94. The largest absolute Gasteiger partial charge is 0.491 e. The zero-order valence-corrected chi connectivity index (χ0v) is 53.1. The molecule has 3 aromatic carbocycles. The molecule has 0 radical (unpaired) electrons. The van der Waals surface area contributed by atoms with Crippen LogP contribution < -0.4 is 19.9 Å². The lowest BCUT2D eigenvalue weighted by molar-refractivity contribution is -0.121. The number of piperazine rings is 3. The molecule has 25 heteroatoms. The van der Waals surface area contributed by atoms with Crippen LogP contribution in [-0.2, 0) is 31.2 Å². The van der Waals surface area contributed by atoms with E-state index in [-0.39, 0.29) is 65.0 Å². The van der Waals surface area contributed by atoms with Crippen molar-refractivity contribution in [3.8, 4) is 5.75 Å². The first-order valence-corrected chi connectivity index (χ1v) is 31.8. The number of H-pyrrole nitrogens is 1. The number of halogens is 2. The molecule has 0 spiro atoms. The Labute approximate surface area is 517 Å². The molecule has 0 saturated carbocycles. The average molecular weight is 1240 g/mol. The SMILES string of the molecule is C[C@@H]1CN(C(=O)c2cnc(N3CCN(CCOc4cc5ncnc(Nc6n[nH]c7ccc(F)cc67)c5cc4S(=O)(=O)C(C)(C)C)CC3)nc2)CCN1C[C@H]1CN(C(=O)OC(C)(C)C)[C@@H](C)CN1CC(=O)N1CC(C)(C)c2ncc(Cc3ccc(F)cc3)cc21. The first kappa shape index (κ1) is 62.6. The van der Waals surface area contributed by atoms with Gasteiger partial charge >= 0.3 is 6.09 Å². The number of fused-ring (bicyclic) bond motifs is 3. The molecule has 0 aliphatic carbocycles. The van der Waals surface area contributed by atoms with Crippen molar-refractivity contribution in [3.05, 3.63) is 120 Å². The number of carbonyl (C=O) groups excluding carboxylic acids is 3. The minimum Gasteiger partial charge on any atom is -0.491 e. The first-order chi connectivity index (χ1) is 42.2. The van der Waals surface area contributed by atoms with Gasteiger partial charge in [-0.05, 0) is 115 Å².